The number of hydrogen-bond acceptors (Lipinski definition) is 6. The molecule has 3 aromatic rings. The number of carbonyl (C=O) groups excluding carboxylic acids is 1. The van der Waals surface area contributed by atoms with Gasteiger partial charge in [0.2, 0.25) is 0 Å². The van der Waals surface area contributed by atoms with Gasteiger partial charge in [0, 0.05) is 42.8 Å². The Morgan fingerprint density at radius 1 is 1.09 bits per heavy atom. The van der Waals surface area contributed by atoms with Gasteiger partial charge in [-0.2, -0.15) is 0 Å². The van der Waals surface area contributed by atoms with E-state index in [0.29, 0.717) is 12.1 Å². The van der Waals surface area contributed by atoms with E-state index in [-0.39, 0.29) is 17.9 Å². The van der Waals surface area contributed by atoms with E-state index in [1.54, 1.807) is 12.1 Å². The summed E-state index contributed by atoms with van der Waals surface area (Å²) in [6.45, 7) is 4.97. The summed E-state index contributed by atoms with van der Waals surface area (Å²) in [5, 5.41) is 6.30. The maximum absolute atomic E-state index is 13.4. The van der Waals surface area contributed by atoms with Gasteiger partial charge in [0.25, 0.3) is 5.91 Å². The minimum absolute atomic E-state index is 0.0164. The van der Waals surface area contributed by atoms with Crippen LogP contribution < -0.4 is 5.32 Å². The number of aromatic nitrogens is 1. The number of anilines is 1. The highest BCUT2D eigenvalue weighted by molar-refractivity contribution is 7.13. The van der Waals surface area contributed by atoms with Crippen molar-refractivity contribution in [1.29, 1.82) is 0 Å². The summed E-state index contributed by atoms with van der Waals surface area (Å²) in [4.78, 5) is 22.4. The summed E-state index contributed by atoms with van der Waals surface area (Å²) in [7, 11) is 0. The minimum Gasteiger partial charge on any atom is -0.379 e. The molecule has 0 aliphatic carbocycles. The van der Waals surface area contributed by atoms with Gasteiger partial charge in [-0.1, -0.05) is 12.1 Å². The van der Waals surface area contributed by atoms with Crippen molar-refractivity contribution >= 4 is 22.9 Å². The van der Waals surface area contributed by atoms with Crippen molar-refractivity contribution < 1.29 is 13.9 Å². The lowest BCUT2D eigenvalue weighted by atomic mass is 10.1. The summed E-state index contributed by atoms with van der Waals surface area (Å²) in [6.07, 6.45) is 0.536. The Balaban J connectivity index is 1.38. The van der Waals surface area contributed by atoms with E-state index in [4.69, 9.17) is 9.72 Å². The SMILES string of the molecule is O=C1c2ccccc2N[C@H](c2csc(-c3ccc(F)cc3)n2)N1CCCN1CCOCC1. The number of nitrogens with one attached hydrogen (secondary N) is 1. The molecule has 1 N–H and O–H groups in total. The summed E-state index contributed by atoms with van der Waals surface area (Å²) in [5.74, 6) is -0.254. The third kappa shape index (κ3) is 4.39. The van der Waals surface area contributed by atoms with E-state index in [0.717, 1.165) is 61.2 Å². The Kier molecular flexibility index (Phi) is 6.16. The van der Waals surface area contributed by atoms with Crippen LogP contribution in [0.25, 0.3) is 10.6 Å². The van der Waals surface area contributed by atoms with Gasteiger partial charge in [-0.25, -0.2) is 9.37 Å². The molecule has 3 heterocycles. The van der Waals surface area contributed by atoms with Gasteiger partial charge in [0.15, 0.2) is 0 Å². The molecule has 0 radical (unpaired) electrons. The van der Waals surface area contributed by atoms with Gasteiger partial charge in [0.05, 0.1) is 24.5 Å². The first kappa shape index (κ1) is 21.1. The largest absolute Gasteiger partial charge is 0.379 e. The van der Waals surface area contributed by atoms with Crippen LogP contribution in [0.15, 0.2) is 53.9 Å². The van der Waals surface area contributed by atoms with Crippen LogP contribution in [0.2, 0.25) is 0 Å². The molecule has 1 aromatic heterocycles. The van der Waals surface area contributed by atoms with Gasteiger partial charge >= 0.3 is 0 Å². The van der Waals surface area contributed by atoms with Gasteiger partial charge in [-0.15, -0.1) is 11.3 Å². The zero-order chi connectivity index (χ0) is 21.9. The van der Waals surface area contributed by atoms with Crippen LogP contribution >= 0.6 is 11.3 Å². The number of thiazole rings is 1. The number of para-hydroxylation sites is 1. The first-order valence-corrected chi connectivity index (χ1v) is 11.7. The molecular formula is C24H25FN4O2S. The number of rotatable bonds is 6. The van der Waals surface area contributed by atoms with E-state index in [1.807, 2.05) is 34.5 Å². The number of ether oxygens (including phenoxy) is 1. The van der Waals surface area contributed by atoms with Gasteiger partial charge in [-0.3, -0.25) is 9.69 Å². The lowest BCUT2D eigenvalue weighted by molar-refractivity contribution is 0.0348. The van der Waals surface area contributed by atoms with Crippen LogP contribution in [0, 0.1) is 5.82 Å². The highest BCUT2D eigenvalue weighted by Gasteiger charge is 2.34. The second-order valence-corrected chi connectivity index (χ2v) is 8.84. The average Bonchev–Trinajstić information content (AvgIpc) is 3.32. The molecule has 2 aliphatic rings. The molecule has 2 aromatic carbocycles. The lowest BCUT2D eigenvalue weighted by Crippen LogP contribution is -2.45. The molecule has 32 heavy (non-hydrogen) atoms. The Bertz CT molecular complexity index is 1080. The summed E-state index contributed by atoms with van der Waals surface area (Å²) < 4.78 is 18.7. The Hall–Kier alpha value is -2.81. The molecule has 5 rings (SSSR count). The number of nitrogens with zero attached hydrogens (tertiary/aromatic N) is 3. The molecular weight excluding hydrogens is 427 g/mol. The third-order valence-electron chi connectivity index (χ3n) is 5.89. The zero-order valence-corrected chi connectivity index (χ0v) is 18.5. The van der Waals surface area contributed by atoms with Gasteiger partial charge in [0.1, 0.15) is 17.0 Å². The van der Waals surface area contributed by atoms with Crippen molar-refractivity contribution in [3.05, 3.63) is 71.0 Å². The van der Waals surface area contributed by atoms with Crippen molar-refractivity contribution in [2.75, 3.05) is 44.7 Å². The topological polar surface area (TPSA) is 57.7 Å². The van der Waals surface area contributed by atoms with Crippen LogP contribution in [-0.4, -0.2) is 60.1 Å². The second-order valence-electron chi connectivity index (χ2n) is 7.98. The number of hydrogen-bond donors (Lipinski definition) is 1. The van der Waals surface area contributed by atoms with E-state index >= 15 is 0 Å². The molecule has 1 fully saturated rings. The molecule has 1 amide bonds. The smallest absolute Gasteiger partial charge is 0.257 e. The first-order valence-electron chi connectivity index (χ1n) is 10.9. The fourth-order valence-corrected chi connectivity index (χ4v) is 5.03. The minimum atomic E-state index is -0.340. The second kappa shape index (κ2) is 9.36. The molecule has 1 atom stereocenters. The van der Waals surface area contributed by atoms with Gasteiger partial charge < -0.3 is 15.0 Å². The molecule has 6 nitrogen and oxygen atoms in total. The molecule has 2 aliphatic heterocycles. The fourth-order valence-electron chi connectivity index (χ4n) is 4.18. The van der Waals surface area contributed by atoms with Gasteiger partial charge in [-0.05, 0) is 42.8 Å². The number of halogens is 1. The molecule has 0 unspecified atom stereocenters. The Labute approximate surface area is 190 Å². The van der Waals surface area contributed by atoms with E-state index < -0.39 is 0 Å². The van der Waals surface area contributed by atoms with Crippen LogP contribution in [0.5, 0.6) is 0 Å². The molecule has 0 saturated carbocycles. The van der Waals surface area contributed by atoms with Crippen LogP contribution in [0.3, 0.4) is 0 Å². The number of benzene rings is 2. The summed E-state index contributed by atoms with van der Waals surface area (Å²) in [5.41, 5.74) is 3.17. The monoisotopic (exact) mass is 452 g/mol. The Morgan fingerprint density at radius 3 is 2.69 bits per heavy atom. The molecule has 0 spiro atoms. The van der Waals surface area contributed by atoms with Crippen molar-refractivity contribution in [3.8, 4) is 10.6 Å². The number of carbonyl (C=O) groups is 1. The maximum atomic E-state index is 13.4. The molecule has 1 saturated heterocycles. The Morgan fingerprint density at radius 2 is 1.88 bits per heavy atom. The predicted octanol–water partition coefficient (Wildman–Crippen LogP) is 4.24. The third-order valence-corrected chi connectivity index (χ3v) is 6.80. The van der Waals surface area contributed by atoms with Crippen LogP contribution in [0.4, 0.5) is 10.1 Å². The van der Waals surface area contributed by atoms with E-state index in [1.165, 1.54) is 23.5 Å². The van der Waals surface area contributed by atoms with Crippen molar-refractivity contribution in [1.82, 2.24) is 14.8 Å². The van der Waals surface area contributed by atoms with Crippen LogP contribution in [0.1, 0.15) is 28.6 Å². The van der Waals surface area contributed by atoms with E-state index in [2.05, 4.69) is 10.2 Å². The average molecular weight is 453 g/mol. The predicted molar refractivity (Wildman–Crippen MR) is 123 cm³/mol. The van der Waals surface area contributed by atoms with Crippen molar-refractivity contribution in [3.63, 3.8) is 0 Å². The highest BCUT2D eigenvalue weighted by Crippen LogP contribution is 2.35. The molecule has 166 valence electrons. The van der Waals surface area contributed by atoms with Crippen molar-refractivity contribution in [2.24, 2.45) is 0 Å². The fraction of sp³-hybridized carbons (Fsp3) is 0.333. The van der Waals surface area contributed by atoms with Crippen LogP contribution in [-0.2, 0) is 4.74 Å². The summed E-state index contributed by atoms with van der Waals surface area (Å²) >= 11 is 1.50. The number of fused-ring (bicyclic) bond motifs is 1. The number of amides is 1. The summed E-state index contributed by atoms with van der Waals surface area (Å²) in [6, 6.07) is 13.9. The van der Waals surface area contributed by atoms with Crippen molar-refractivity contribution in [2.45, 2.75) is 12.6 Å². The lowest BCUT2D eigenvalue weighted by Gasteiger charge is -2.37. The normalized spacial score (nSPS) is 19.0. The van der Waals surface area contributed by atoms with E-state index in [9.17, 15) is 9.18 Å². The zero-order valence-electron chi connectivity index (χ0n) is 17.7. The quantitative estimate of drug-likeness (QED) is 0.606. The first-order chi connectivity index (χ1) is 15.7. The molecule has 8 heteroatoms. The maximum Gasteiger partial charge on any atom is 0.257 e. The molecule has 0 bridgehead atoms. The standard InChI is InChI=1S/C24H25FN4O2S/c25-18-8-6-17(7-9-18)23-27-21(16-32-23)22-26-20-5-2-1-4-19(20)24(30)29(22)11-3-10-28-12-14-31-15-13-28/h1-2,4-9,16,22,26H,3,10-15H2/t22-/m0/s1. The highest BCUT2D eigenvalue weighted by atomic mass is 32.1. The number of morpholine rings is 1.